The fraction of sp³-hybridized carbons (Fsp3) is 0.438. The molecule has 3 rings (SSSR count). The molecule has 1 unspecified atom stereocenters. The van der Waals surface area contributed by atoms with E-state index in [2.05, 4.69) is 4.98 Å². The lowest BCUT2D eigenvalue weighted by Crippen LogP contribution is -2.38. The van der Waals surface area contributed by atoms with Crippen LogP contribution in [0.15, 0.2) is 21.9 Å². The number of furan rings is 1. The van der Waals surface area contributed by atoms with Gasteiger partial charge in [0.25, 0.3) is 5.91 Å². The minimum Gasteiger partial charge on any atom is -0.481 e. The van der Waals surface area contributed by atoms with E-state index in [-0.39, 0.29) is 18.5 Å². The van der Waals surface area contributed by atoms with Gasteiger partial charge in [-0.3, -0.25) is 9.59 Å². The highest BCUT2D eigenvalue weighted by Gasteiger charge is 2.35. The van der Waals surface area contributed by atoms with Crippen LogP contribution in [0.2, 0.25) is 0 Å². The monoisotopic (exact) mass is 334 g/mol. The Balaban J connectivity index is 1.78. The molecular weight excluding hydrogens is 316 g/mol. The van der Waals surface area contributed by atoms with Gasteiger partial charge in [-0.1, -0.05) is 6.92 Å². The Hall–Kier alpha value is -2.15. The van der Waals surface area contributed by atoms with Gasteiger partial charge in [0.2, 0.25) is 0 Å². The van der Waals surface area contributed by atoms with Gasteiger partial charge in [0.05, 0.1) is 5.92 Å². The summed E-state index contributed by atoms with van der Waals surface area (Å²) in [5.41, 5.74) is 0.351. The second-order valence-electron chi connectivity index (χ2n) is 5.88. The lowest BCUT2D eigenvalue weighted by atomic mass is 10.1. The quantitative estimate of drug-likeness (QED) is 0.878. The second kappa shape index (κ2) is 6.16. The molecule has 7 heteroatoms. The summed E-state index contributed by atoms with van der Waals surface area (Å²) in [5, 5.41) is 11.4. The fourth-order valence-corrected chi connectivity index (χ4v) is 3.09. The zero-order valence-electron chi connectivity index (χ0n) is 13.0. The van der Waals surface area contributed by atoms with Crippen LogP contribution in [0, 0.1) is 12.8 Å². The van der Waals surface area contributed by atoms with Crippen molar-refractivity contribution >= 4 is 23.2 Å². The largest absolute Gasteiger partial charge is 0.481 e. The average molecular weight is 334 g/mol. The third-order valence-electron chi connectivity index (χ3n) is 3.82. The Morgan fingerprint density at radius 2 is 2.22 bits per heavy atom. The standard InChI is InChI=1S/C16H18N2O4S/c1-9(16(20)21)7-18(11-4-5-11)15(19)12-8-23-14(17-12)13-6-3-10(2)22-13/h3,6,8-9,11H,4-5,7H2,1-2H3,(H,20,21). The number of hydrogen-bond acceptors (Lipinski definition) is 5. The van der Waals surface area contributed by atoms with Gasteiger partial charge in [0.15, 0.2) is 10.8 Å². The third-order valence-corrected chi connectivity index (χ3v) is 4.67. The minimum atomic E-state index is -0.895. The maximum atomic E-state index is 12.7. The van der Waals surface area contributed by atoms with E-state index in [0.717, 1.165) is 18.6 Å². The molecule has 2 heterocycles. The van der Waals surface area contributed by atoms with Crippen LogP contribution in [0.3, 0.4) is 0 Å². The summed E-state index contributed by atoms with van der Waals surface area (Å²) in [7, 11) is 0. The molecule has 0 radical (unpaired) electrons. The molecule has 1 aliphatic carbocycles. The molecule has 0 saturated heterocycles. The molecule has 23 heavy (non-hydrogen) atoms. The van der Waals surface area contributed by atoms with E-state index >= 15 is 0 Å². The molecule has 0 aromatic carbocycles. The molecule has 1 amide bonds. The molecule has 0 aliphatic heterocycles. The summed E-state index contributed by atoms with van der Waals surface area (Å²) in [6.45, 7) is 3.68. The molecule has 1 atom stereocenters. The van der Waals surface area contributed by atoms with Crippen molar-refractivity contribution in [2.24, 2.45) is 5.92 Å². The average Bonchev–Trinajstić information content (AvgIpc) is 3.06. The highest BCUT2D eigenvalue weighted by Crippen LogP contribution is 2.31. The van der Waals surface area contributed by atoms with Crippen molar-refractivity contribution < 1.29 is 19.1 Å². The van der Waals surface area contributed by atoms with Crippen molar-refractivity contribution in [3.8, 4) is 10.8 Å². The first-order chi connectivity index (χ1) is 11.0. The summed E-state index contributed by atoms with van der Waals surface area (Å²) >= 11 is 1.35. The van der Waals surface area contributed by atoms with Crippen molar-refractivity contribution in [3.05, 3.63) is 29.0 Å². The Kier molecular flexibility index (Phi) is 4.21. The number of carbonyl (C=O) groups excluding carboxylic acids is 1. The van der Waals surface area contributed by atoms with Gasteiger partial charge >= 0.3 is 5.97 Å². The third kappa shape index (κ3) is 3.44. The number of rotatable bonds is 6. The Labute approximate surface area is 137 Å². The van der Waals surface area contributed by atoms with Gasteiger partial charge in [-0.25, -0.2) is 4.98 Å². The summed E-state index contributed by atoms with van der Waals surface area (Å²) in [6.07, 6.45) is 1.85. The van der Waals surface area contributed by atoms with Crippen LogP contribution in [-0.2, 0) is 4.79 Å². The van der Waals surface area contributed by atoms with Crippen LogP contribution >= 0.6 is 11.3 Å². The molecular formula is C16H18N2O4S. The van der Waals surface area contributed by atoms with Gasteiger partial charge in [-0.15, -0.1) is 11.3 Å². The van der Waals surface area contributed by atoms with E-state index in [0.29, 0.717) is 16.5 Å². The van der Waals surface area contributed by atoms with Crippen LogP contribution < -0.4 is 0 Å². The van der Waals surface area contributed by atoms with E-state index in [9.17, 15) is 9.59 Å². The number of nitrogens with zero attached hydrogens (tertiary/aromatic N) is 2. The van der Waals surface area contributed by atoms with Gasteiger partial charge < -0.3 is 14.4 Å². The normalized spacial score (nSPS) is 15.4. The molecule has 0 bridgehead atoms. The topological polar surface area (TPSA) is 83.6 Å². The van der Waals surface area contributed by atoms with Gasteiger partial charge in [-0.05, 0) is 31.9 Å². The maximum absolute atomic E-state index is 12.7. The van der Waals surface area contributed by atoms with E-state index in [4.69, 9.17) is 9.52 Å². The van der Waals surface area contributed by atoms with Crippen molar-refractivity contribution in [2.75, 3.05) is 6.54 Å². The van der Waals surface area contributed by atoms with Crippen molar-refractivity contribution in [1.82, 2.24) is 9.88 Å². The molecule has 1 fully saturated rings. The molecule has 2 aromatic heterocycles. The molecule has 1 saturated carbocycles. The van der Waals surface area contributed by atoms with Crippen molar-refractivity contribution in [3.63, 3.8) is 0 Å². The summed E-state index contributed by atoms with van der Waals surface area (Å²) in [5.74, 6) is -0.258. The number of amides is 1. The van der Waals surface area contributed by atoms with Crippen LogP contribution in [0.4, 0.5) is 0 Å². The zero-order chi connectivity index (χ0) is 16.6. The molecule has 122 valence electrons. The first-order valence-electron chi connectivity index (χ1n) is 7.52. The lowest BCUT2D eigenvalue weighted by molar-refractivity contribution is -0.141. The summed E-state index contributed by atoms with van der Waals surface area (Å²) in [6, 6.07) is 3.82. The van der Waals surface area contributed by atoms with E-state index < -0.39 is 11.9 Å². The smallest absolute Gasteiger partial charge is 0.308 e. The molecule has 6 nitrogen and oxygen atoms in total. The van der Waals surface area contributed by atoms with Gasteiger partial charge in [-0.2, -0.15) is 0 Å². The Morgan fingerprint density at radius 1 is 1.48 bits per heavy atom. The number of carboxylic acid groups (broad SMARTS) is 1. The minimum absolute atomic E-state index is 0.139. The molecule has 2 aromatic rings. The van der Waals surface area contributed by atoms with Crippen LogP contribution in [-0.4, -0.2) is 39.5 Å². The zero-order valence-corrected chi connectivity index (χ0v) is 13.8. The Bertz CT molecular complexity index is 732. The van der Waals surface area contributed by atoms with Crippen LogP contribution in [0.1, 0.15) is 36.0 Å². The molecule has 1 N–H and O–H groups in total. The number of thiazole rings is 1. The number of carboxylic acids is 1. The number of aromatic nitrogens is 1. The van der Waals surface area contributed by atoms with Crippen molar-refractivity contribution in [2.45, 2.75) is 32.7 Å². The van der Waals surface area contributed by atoms with Crippen LogP contribution in [0.5, 0.6) is 0 Å². The van der Waals surface area contributed by atoms with E-state index in [1.807, 2.05) is 19.1 Å². The molecule has 0 spiro atoms. The van der Waals surface area contributed by atoms with Crippen LogP contribution in [0.25, 0.3) is 10.8 Å². The lowest BCUT2D eigenvalue weighted by Gasteiger charge is -2.23. The number of carbonyl (C=O) groups is 2. The van der Waals surface area contributed by atoms with Crippen molar-refractivity contribution in [1.29, 1.82) is 0 Å². The highest BCUT2D eigenvalue weighted by molar-refractivity contribution is 7.13. The first-order valence-corrected chi connectivity index (χ1v) is 8.39. The number of aliphatic carboxylic acids is 1. The van der Waals surface area contributed by atoms with E-state index in [1.165, 1.54) is 11.3 Å². The predicted octanol–water partition coefficient (Wildman–Crippen LogP) is 3.04. The fourth-order valence-electron chi connectivity index (χ4n) is 2.34. The predicted molar refractivity (Wildman–Crippen MR) is 85.4 cm³/mol. The van der Waals surface area contributed by atoms with E-state index in [1.54, 1.807) is 17.2 Å². The first kappa shape index (κ1) is 15.7. The maximum Gasteiger partial charge on any atom is 0.308 e. The van der Waals surface area contributed by atoms with Gasteiger partial charge in [0.1, 0.15) is 11.5 Å². The summed E-state index contributed by atoms with van der Waals surface area (Å²) in [4.78, 5) is 29.8. The number of aryl methyl sites for hydroxylation is 1. The summed E-state index contributed by atoms with van der Waals surface area (Å²) < 4.78 is 5.52. The second-order valence-corrected chi connectivity index (χ2v) is 6.73. The highest BCUT2D eigenvalue weighted by atomic mass is 32.1. The van der Waals surface area contributed by atoms with Gasteiger partial charge in [0, 0.05) is 18.0 Å². The Morgan fingerprint density at radius 3 is 2.78 bits per heavy atom. The molecule has 1 aliphatic rings. The SMILES string of the molecule is Cc1ccc(-c2nc(C(=O)N(CC(C)C(=O)O)C3CC3)cs2)o1. The number of hydrogen-bond donors (Lipinski definition) is 1.